The molecule has 0 bridgehead atoms. The van der Waals surface area contributed by atoms with Gasteiger partial charge in [0.25, 0.3) is 5.91 Å². The van der Waals surface area contributed by atoms with Gasteiger partial charge in [-0.2, -0.15) is 0 Å². The van der Waals surface area contributed by atoms with Gasteiger partial charge in [0.2, 0.25) is 0 Å². The number of carbonyl (C=O) groups excluding carboxylic acids is 2. The van der Waals surface area contributed by atoms with Gasteiger partial charge in [0.15, 0.2) is 4.87 Å². The van der Waals surface area contributed by atoms with E-state index >= 15 is 0 Å². The van der Waals surface area contributed by atoms with E-state index in [4.69, 9.17) is 4.74 Å². The first kappa shape index (κ1) is 21.4. The van der Waals surface area contributed by atoms with Crippen LogP contribution in [0.4, 0.5) is 16.2 Å². The van der Waals surface area contributed by atoms with Gasteiger partial charge in [0.05, 0.1) is 19.3 Å². The van der Waals surface area contributed by atoms with Crippen molar-refractivity contribution in [1.82, 2.24) is 4.90 Å². The summed E-state index contributed by atoms with van der Waals surface area (Å²) in [7, 11) is 1.59. The molecular weight excluding hydrogens is 434 g/mol. The molecule has 1 saturated heterocycles. The van der Waals surface area contributed by atoms with Crippen LogP contribution in [0.25, 0.3) is 0 Å². The van der Waals surface area contributed by atoms with Gasteiger partial charge in [-0.05, 0) is 30.7 Å². The van der Waals surface area contributed by atoms with E-state index in [-0.39, 0.29) is 11.9 Å². The molecule has 1 fully saturated rings. The molecule has 6 nitrogen and oxygen atoms in total. The summed E-state index contributed by atoms with van der Waals surface area (Å²) in [5.41, 5.74) is 4.48. The highest BCUT2D eigenvalue weighted by Gasteiger charge is 2.59. The van der Waals surface area contributed by atoms with Crippen LogP contribution in [0.2, 0.25) is 0 Å². The van der Waals surface area contributed by atoms with E-state index in [0.717, 1.165) is 22.4 Å². The van der Waals surface area contributed by atoms with Gasteiger partial charge in [0, 0.05) is 29.6 Å². The first-order valence-corrected chi connectivity index (χ1v) is 11.8. The van der Waals surface area contributed by atoms with E-state index in [1.807, 2.05) is 78.6 Å². The molecule has 2 aliphatic heterocycles. The van der Waals surface area contributed by atoms with E-state index in [1.165, 1.54) is 11.8 Å². The molecule has 3 amide bonds. The Bertz CT molecular complexity index is 1220. The summed E-state index contributed by atoms with van der Waals surface area (Å²) < 4.78 is 5.27. The molecular formula is C26H25N3O3S. The summed E-state index contributed by atoms with van der Waals surface area (Å²) in [6.45, 7) is 2.96. The highest BCUT2D eigenvalue weighted by atomic mass is 32.2. The number of amides is 3. The predicted molar refractivity (Wildman–Crippen MR) is 132 cm³/mol. The molecule has 5 rings (SSSR count). The topological polar surface area (TPSA) is 61.9 Å². The lowest BCUT2D eigenvalue weighted by molar-refractivity contribution is -0.123. The molecule has 33 heavy (non-hydrogen) atoms. The van der Waals surface area contributed by atoms with Crippen LogP contribution in [0.1, 0.15) is 16.7 Å². The fourth-order valence-electron chi connectivity index (χ4n) is 4.54. The lowest BCUT2D eigenvalue weighted by Crippen LogP contribution is -2.51. The van der Waals surface area contributed by atoms with Crippen LogP contribution in [0.5, 0.6) is 5.75 Å². The first-order valence-electron chi connectivity index (χ1n) is 10.9. The highest BCUT2D eigenvalue weighted by Crippen LogP contribution is 2.54. The van der Waals surface area contributed by atoms with Crippen LogP contribution >= 0.6 is 11.8 Å². The Labute approximate surface area is 197 Å². The van der Waals surface area contributed by atoms with Gasteiger partial charge < -0.3 is 15.0 Å². The Morgan fingerprint density at radius 3 is 2.70 bits per heavy atom. The van der Waals surface area contributed by atoms with Crippen molar-refractivity contribution in [2.24, 2.45) is 0 Å². The summed E-state index contributed by atoms with van der Waals surface area (Å²) in [6, 6.07) is 22.9. The molecule has 1 atom stereocenters. The Morgan fingerprint density at radius 1 is 1.09 bits per heavy atom. The number of urea groups is 1. The van der Waals surface area contributed by atoms with E-state index in [0.29, 0.717) is 30.3 Å². The number of hydrogen-bond acceptors (Lipinski definition) is 4. The van der Waals surface area contributed by atoms with E-state index in [1.54, 1.807) is 18.1 Å². The normalized spacial score (nSPS) is 19.2. The first-order chi connectivity index (χ1) is 16.0. The molecule has 1 spiro atoms. The third-order valence-corrected chi connectivity index (χ3v) is 7.52. The number of aryl methyl sites for hydroxylation is 1. The molecule has 168 valence electrons. The molecule has 0 saturated carbocycles. The number of hydrogen-bond donors (Lipinski definition) is 1. The highest BCUT2D eigenvalue weighted by molar-refractivity contribution is 8.01. The number of methoxy groups -OCH3 is 1. The minimum atomic E-state index is -1.07. The van der Waals surface area contributed by atoms with E-state index in [2.05, 4.69) is 5.32 Å². The Balaban J connectivity index is 1.52. The molecule has 0 aromatic heterocycles. The Morgan fingerprint density at radius 2 is 1.91 bits per heavy atom. The van der Waals surface area contributed by atoms with Crippen molar-refractivity contribution in [2.45, 2.75) is 18.3 Å². The van der Waals surface area contributed by atoms with Crippen LogP contribution < -0.4 is 15.0 Å². The maximum Gasteiger partial charge on any atom is 0.323 e. The third kappa shape index (κ3) is 3.62. The molecule has 1 N–H and O–H groups in total. The minimum Gasteiger partial charge on any atom is -0.497 e. The number of rotatable bonds is 4. The lowest BCUT2D eigenvalue weighted by atomic mass is 10.0. The average Bonchev–Trinajstić information content (AvgIpc) is 3.37. The van der Waals surface area contributed by atoms with Gasteiger partial charge in [-0.15, -0.1) is 11.8 Å². The van der Waals surface area contributed by atoms with Crippen LogP contribution in [-0.4, -0.2) is 36.2 Å². The molecule has 7 heteroatoms. The molecule has 0 radical (unpaired) electrons. The monoisotopic (exact) mass is 459 g/mol. The Kier molecular flexibility index (Phi) is 5.50. The number of benzene rings is 3. The van der Waals surface area contributed by atoms with Gasteiger partial charge in [0.1, 0.15) is 5.75 Å². The van der Waals surface area contributed by atoms with Crippen molar-refractivity contribution >= 4 is 35.1 Å². The second-order valence-electron chi connectivity index (χ2n) is 8.20. The smallest absolute Gasteiger partial charge is 0.323 e. The zero-order valence-electron chi connectivity index (χ0n) is 18.6. The fourth-order valence-corrected chi connectivity index (χ4v) is 6.00. The molecule has 0 unspecified atom stereocenters. The average molecular weight is 460 g/mol. The summed E-state index contributed by atoms with van der Waals surface area (Å²) >= 11 is 1.53. The Hall–Kier alpha value is -3.45. The number of carbonyl (C=O) groups is 2. The van der Waals surface area contributed by atoms with E-state index < -0.39 is 4.87 Å². The zero-order chi connectivity index (χ0) is 23.0. The van der Waals surface area contributed by atoms with Gasteiger partial charge in [-0.25, -0.2) is 4.79 Å². The van der Waals surface area contributed by atoms with Crippen molar-refractivity contribution in [1.29, 1.82) is 0 Å². The third-order valence-electron chi connectivity index (χ3n) is 6.10. The second kappa shape index (κ2) is 8.48. The number of nitrogens with one attached hydrogen (secondary N) is 1. The van der Waals surface area contributed by atoms with Crippen molar-refractivity contribution in [3.05, 3.63) is 89.5 Å². The van der Waals surface area contributed by atoms with Crippen LogP contribution in [0, 0.1) is 6.92 Å². The maximum absolute atomic E-state index is 14.0. The summed E-state index contributed by atoms with van der Waals surface area (Å²) in [5.74, 6) is 1.27. The molecule has 2 aliphatic rings. The largest absolute Gasteiger partial charge is 0.497 e. The lowest BCUT2D eigenvalue weighted by Gasteiger charge is -2.33. The van der Waals surface area contributed by atoms with Crippen molar-refractivity contribution in [2.75, 3.05) is 29.6 Å². The SMILES string of the molecule is COc1cccc(NC(=O)N2CCS[C@@]23C(=O)N(Cc2ccccc2)c2ccc(C)cc23)c1. The van der Waals surface area contributed by atoms with Crippen molar-refractivity contribution in [3.8, 4) is 5.75 Å². The molecule has 0 aliphatic carbocycles. The van der Waals surface area contributed by atoms with Gasteiger partial charge in [-0.3, -0.25) is 9.69 Å². The standard InChI is InChI=1S/C26H25N3O3S/c1-18-11-12-23-22(15-18)26(24(30)28(23)17-19-7-4-3-5-8-19)29(13-14-33-26)25(31)27-20-9-6-10-21(16-20)32-2/h3-12,15-16H,13-14,17H2,1-2H3,(H,27,31)/t26-/m0/s1. The number of thioether (sulfide) groups is 1. The number of anilines is 2. The van der Waals surface area contributed by atoms with Crippen LogP contribution in [-0.2, 0) is 16.2 Å². The predicted octanol–water partition coefficient (Wildman–Crippen LogP) is 4.98. The molecule has 2 heterocycles. The van der Waals surface area contributed by atoms with E-state index in [9.17, 15) is 9.59 Å². The number of nitrogens with zero attached hydrogens (tertiary/aromatic N) is 2. The van der Waals surface area contributed by atoms with Gasteiger partial charge in [-0.1, -0.05) is 54.1 Å². The maximum atomic E-state index is 14.0. The number of fused-ring (bicyclic) bond motifs is 2. The zero-order valence-corrected chi connectivity index (χ0v) is 19.4. The molecule has 3 aromatic rings. The quantitative estimate of drug-likeness (QED) is 0.598. The second-order valence-corrected chi connectivity index (χ2v) is 9.49. The summed E-state index contributed by atoms with van der Waals surface area (Å²) in [6.07, 6.45) is 0. The minimum absolute atomic E-state index is 0.0738. The van der Waals surface area contributed by atoms with Gasteiger partial charge >= 0.3 is 6.03 Å². The van der Waals surface area contributed by atoms with Crippen molar-refractivity contribution in [3.63, 3.8) is 0 Å². The van der Waals surface area contributed by atoms with Crippen molar-refractivity contribution < 1.29 is 14.3 Å². The summed E-state index contributed by atoms with van der Waals surface area (Å²) in [4.78, 5) is 29.9. The summed E-state index contributed by atoms with van der Waals surface area (Å²) in [5, 5.41) is 2.96. The van der Waals surface area contributed by atoms with Crippen LogP contribution in [0.15, 0.2) is 72.8 Å². The van der Waals surface area contributed by atoms with Crippen LogP contribution in [0.3, 0.4) is 0 Å². The fraction of sp³-hybridized carbons (Fsp3) is 0.231. The number of ether oxygens (including phenoxy) is 1. The molecule has 3 aromatic carbocycles.